The van der Waals surface area contributed by atoms with Crippen molar-refractivity contribution in [3.05, 3.63) is 58.4 Å². The summed E-state index contributed by atoms with van der Waals surface area (Å²) in [4.78, 5) is 12.0. The first kappa shape index (κ1) is 15.2. The molecule has 0 bridgehead atoms. The van der Waals surface area contributed by atoms with Crippen molar-refractivity contribution in [2.45, 2.75) is 0 Å². The second-order valence-corrected chi connectivity index (χ2v) is 5.02. The Morgan fingerprint density at radius 1 is 1.24 bits per heavy atom. The Labute approximate surface area is 130 Å². The van der Waals surface area contributed by atoms with Crippen LogP contribution in [-0.4, -0.2) is 16.0 Å². The van der Waals surface area contributed by atoms with Crippen LogP contribution in [0.1, 0.15) is 15.9 Å². The van der Waals surface area contributed by atoms with Gasteiger partial charge in [-0.25, -0.2) is 4.39 Å². The Morgan fingerprint density at radius 3 is 2.62 bits per heavy atom. The molecular weight excluding hydrogens is 315 g/mol. The molecule has 7 heteroatoms. The van der Waals surface area contributed by atoms with E-state index in [9.17, 15) is 14.3 Å². The maximum Gasteiger partial charge on any atom is 0.257 e. The van der Waals surface area contributed by atoms with E-state index >= 15 is 0 Å². The maximum atomic E-state index is 13.5. The third-order valence-electron chi connectivity index (χ3n) is 2.68. The summed E-state index contributed by atoms with van der Waals surface area (Å²) in [7, 11) is 0. The Hall–Kier alpha value is -2.18. The molecule has 2 aromatic carbocycles. The highest BCUT2D eigenvalue weighted by Gasteiger charge is 2.13. The molecule has 2 rings (SSSR count). The average Bonchev–Trinajstić information content (AvgIpc) is 2.43. The van der Waals surface area contributed by atoms with E-state index in [1.54, 1.807) is 0 Å². The number of rotatable bonds is 3. The van der Waals surface area contributed by atoms with Crippen molar-refractivity contribution in [3.8, 4) is 5.75 Å². The van der Waals surface area contributed by atoms with E-state index in [1.165, 1.54) is 30.3 Å². The van der Waals surface area contributed by atoms with Gasteiger partial charge in [0, 0.05) is 11.3 Å². The fourth-order valence-electron chi connectivity index (χ4n) is 1.68. The van der Waals surface area contributed by atoms with Crippen LogP contribution in [0.15, 0.2) is 36.4 Å². The van der Waals surface area contributed by atoms with Gasteiger partial charge in [-0.15, -0.1) is 0 Å². The molecule has 21 heavy (non-hydrogen) atoms. The van der Waals surface area contributed by atoms with Gasteiger partial charge in [-0.1, -0.05) is 23.8 Å². The number of amides is 1. The summed E-state index contributed by atoms with van der Waals surface area (Å²) in [5.41, 5.74) is 5.83. The molecular formula is C14H10ClFN2O2S. The number of nitrogens with two attached hydrogens (primary N) is 1. The summed E-state index contributed by atoms with van der Waals surface area (Å²) in [6, 6.07) is 7.83. The first-order chi connectivity index (χ1) is 9.88. The normalized spacial score (nSPS) is 10.2. The van der Waals surface area contributed by atoms with Crippen molar-refractivity contribution in [1.29, 1.82) is 0 Å². The number of phenols is 1. The lowest BCUT2D eigenvalue weighted by molar-refractivity contribution is 0.102. The molecule has 0 fully saturated rings. The number of hydrogen-bond donors (Lipinski definition) is 3. The van der Waals surface area contributed by atoms with Crippen LogP contribution in [0.3, 0.4) is 0 Å². The standard InChI is InChI=1S/C14H10ClFN2O2S/c15-11-3-2-8(19)6-9(11)14(20)18-7-1-4-12(16)10(5-7)13(17)21/h1-6,19H,(H2,17,21)(H,18,20). The molecule has 0 saturated heterocycles. The molecule has 108 valence electrons. The Kier molecular flexibility index (Phi) is 4.40. The van der Waals surface area contributed by atoms with E-state index in [0.29, 0.717) is 5.69 Å². The van der Waals surface area contributed by atoms with Gasteiger partial charge in [0.2, 0.25) is 0 Å². The number of carbonyl (C=O) groups excluding carboxylic acids is 1. The van der Waals surface area contributed by atoms with E-state index in [-0.39, 0.29) is 26.9 Å². The topological polar surface area (TPSA) is 75.3 Å². The van der Waals surface area contributed by atoms with E-state index in [1.807, 2.05) is 0 Å². The smallest absolute Gasteiger partial charge is 0.257 e. The molecule has 0 heterocycles. The predicted molar refractivity (Wildman–Crippen MR) is 83.4 cm³/mol. The van der Waals surface area contributed by atoms with Gasteiger partial charge < -0.3 is 16.2 Å². The van der Waals surface area contributed by atoms with Gasteiger partial charge in [0.1, 0.15) is 16.6 Å². The highest BCUT2D eigenvalue weighted by Crippen LogP contribution is 2.23. The third kappa shape index (κ3) is 3.48. The first-order valence-electron chi connectivity index (χ1n) is 5.77. The van der Waals surface area contributed by atoms with Gasteiger partial charge in [-0.2, -0.15) is 0 Å². The number of benzene rings is 2. The third-order valence-corrected chi connectivity index (χ3v) is 3.23. The molecule has 4 N–H and O–H groups in total. The van der Waals surface area contributed by atoms with Gasteiger partial charge in [-0.05, 0) is 36.4 Å². The maximum absolute atomic E-state index is 13.5. The van der Waals surface area contributed by atoms with E-state index < -0.39 is 11.7 Å². The fourth-order valence-corrected chi connectivity index (χ4v) is 2.04. The van der Waals surface area contributed by atoms with Gasteiger partial charge in [0.15, 0.2) is 0 Å². The van der Waals surface area contributed by atoms with Crippen molar-refractivity contribution in [2.24, 2.45) is 5.73 Å². The minimum Gasteiger partial charge on any atom is -0.508 e. The van der Waals surface area contributed by atoms with Crippen LogP contribution in [-0.2, 0) is 0 Å². The number of nitrogens with one attached hydrogen (secondary N) is 1. The van der Waals surface area contributed by atoms with Gasteiger partial charge >= 0.3 is 0 Å². The lowest BCUT2D eigenvalue weighted by atomic mass is 10.1. The number of carbonyl (C=O) groups is 1. The summed E-state index contributed by atoms with van der Waals surface area (Å²) in [6.07, 6.45) is 0. The summed E-state index contributed by atoms with van der Waals surface area (Å²) in [5.74, 6) is -1.21. The minimum absolute atomic E-state index is 0.0322. The molecule has 0 aliphatic carbocycles. The van der Waals surface area contributed by atoms with Crippen LogP contribution in [0.5, 0.6) is 5.75 Å². The quantitative estimate of drug-likeness (QED) is 0.758. The van der Waals surface area contributed by atoms with Crippen LogP contribution in [0, 0.1) is 5.82 Å². The van der Waals surface area contributed by atoms with E-state index in [2.05, 4.69) is 5.32 Å². The zero-order chi connectivity index (χ0) is 15.6. The summed E-state index contributed by atoms with van der Waals surface area (Å²) >= 11 is 10.6. The monoisotopic (exact) mass is 324 g/mol. The number of phenolic OH excluding ortho intramolecular Hbond substituents is 1. The molecule has 0 saturated carbocycles. The Morgan fingerprint density at radius 2 is 1.95 bits per heavy atom. The largest absolute Gasteiger partial charge is 0.508 e. The number of aromatic hydroxyl groups is 1. The Bertz CT molecular complexity index is 737. The zero-order valence-corrected chi connectivity index (χ0v) is 12.1. The molecule has 0 aromatic heterocycles. The molecule has 0 spiro atoms. The van der Waals surface area contributed by atoms with Crippen LogP contribution in [0.2, 0.25) is 5.02 Å². The molecule has 0 radical (unpaired) electrons. The van der Waals surface area contributed by atoms with E-state index in [0.717, 1.165) is 6.07 Å². The highest BCUT2D eigenvalue weighted by atomic mass is 35.5. The number of anilines is 1. The van der Waals surface area contributed by atoms with Crippen molar-refractivity contribution in [1.82, 2.24) is 0 Å². The van der Waals surface area contributed by atoms with Gasteiger partial charge in [0.25, 0.3) is 5.91 Å². The molecule has 0 aliphatic rings. The van der Waals surface area contributed by atoms with Crippen LogP contribution >= 0.6 is 23.8 Å². The predicted octanol–water partition coefficient (Wildman–Crippen LogP) is 3.07. The second kappa shape index (κ2) is 6.07. The molecule has 0 unspecified atom stereocenters. The SMILES string of the molecule is NC(=S)c1cc(NC(=O)c2cc(O)ccc2Cl)ccc1F. The first-order valence-corrected chi connectivity index (χ1v) is 6.56. The summed E-state index contributed by atoms with van der Waals surface area (Å²) in [5, 5.41) is 12.1. The molecule has 0 aliphatic heterocycles. The minimum atomic E-state index is -0.573. The van der Waals surface area contributed by atoms with Crippen molar-refractivity contribution in [3.63, 3.8) is 0 Å². The Balaban J connectivity index is 2.29. The van der Waals surface area contributed by atoms with E-state index in [4.69, 9.17) is 29.6 Å². The lowest BCUT2D eigenvalue weighted by Crippen LogP contribution is -2.15. The fraction of sp³-hybridized carbons (Fsp3) is 0. The molecule has 4 nitrogen and oxygen atoms in total. The highest BCUT2D eigenvalue weighted by molar-refractivity contribution is 7.80. The molecule has 2 aromatic rings. The van der Waals surface area contributed by atoms with Crippen molar-refractivity contribution in [2.75, 3.05) is 5.32 Å². The number of thiocarbonyl (C=S) groups is 1. The van der Waals surface area contributed by atoms with Crippen molar-refractivity contribution >= 4 is 40.4 Å². The van der Waals surface area contributed by atoms with Crippen LogP contribution in [0.25, 0.3) is 0 Å². The van der Waals surface area contributed by atoms with Gasteiger partial charge in [0.05, 0.1) is 10.6 Å². The van der Waals surface area contributed by atoms with Gasteiger partial charge in [-0.3, -0.25) is 4.79 Å². The lowest BCUT2D eigenvalue weighted by Gasteiger charge is -2.09. The second-order valence-electron chi connectivity index (χ2n) is 4.18. The zero-order valence-electron chi connectivity index (χ0n) is 10.6. The molecule has 1 amide bonds. The number of halogens is 2. The average molecular weight is 325 g/mol. The number of hydrogen-bond acceptors (Lipinski definition) is 3. The van der Waals surface area contributed by atoms with Crippen LogP contribution < -0.4 is 11.1 Å². The van der Waals surface area contributed by atoms with Crippen LogP contribution in [0.4, 0.5) is 10.1 Å². The summed E-state index contributed by atoms with van der Waals surface area (Å²) in [6.45, 7) is 0. The summed E-state index contributed by atoms with van der Waals surface area (Å²) < 4.78 is 13.5. The molecule has 0 atom stereocenters. The van der Waals surface area contributed by atoms with Crippen molar-refractivity contribution < 1.29 is 14.3 Å².